The Morgan fingerprint density at radius 3 is 2.79 bits per heavy atom. The predicted molar refractivity (Wildman–Crippen MR) is 80.7 cm³/mol. The van der Waals surface area contributed by atoms with E-state index in [4.69, 9.17) is 0 Å². The second-order valence-electron chi connectivity index (χ2n) is 4.23. The first-order valence-electron chi connectivity index (χ1n) is 6.44. The van der Waals surface area contributed by atoms with Crippen molar-refractivity contribution in [2.45, 2.75) is 19.9 Å². The highest BCUT2D eigenvalue weighted by molar-refractivity contribution is 7.09. The summed E-state index contributed by atoms with van der Waals surface area (Å²) in [7, 11) is 0. The first kappa shape index (κ1) is 13.6. The molecule has 1 heterocycles. The number of rotatable bonds is 6. The van der Waals surface area contributed by atoms with Gasteiger partial charge in [-0.1, -0.05) is 25.1 Å². The van der Waals surface area contributed by atoms with E-state index in [1.165, 1.54) is 0 Å². The fourth-order valence-corrected chi connectivity index (χ4v) is 2.42. The standard InChI is InChI=1S/C15H18N2OS/c1-2-9-16-14-8-4-3-7-13(14)15(18)17-11-12-6-5-10-19-12/h3-8,10,16H,2,9,11H2,1H3,(H,17,18). The molecular formula is C15H18N2OS. The molecule has 0 radical (unpaired) electrons. The number of hydrogen-bond acceptors (Lipinski definition) is 3. The van der Waals surface area contributed by atoms with Crippen LogP contribution in [-0.4, -0.2) is 12.5 Å². The van der Waals surface area contributed by atoms with E-state index in [2.05, 4.69) is 17.6 Å². The molecule has 0 unspecified atom stereocenters. The summed E-state index contributed by atoms with van der Waals surface area (Å²) in [6.45, 7) is 3.56. The molecule has 100 valence electrons. The van der Waals surface area contributed by atoms with Crippen LogP contribution in [0.4, 0.5) is 5.69 Å². The summed E-state index contributed by atoms with van der Waals surface area (Å²) in [5.41, 5.74) is 1.60. The van der Waals surface area contributed by atoms with Crippen molar-refractivity contribution in [2.24, 2.45) is 0 Å². The van der Waals surface area contributed by atoms with E-state index in [0.717, 1.165) is 23.5 Å². The van der Waals surface area contributed by atoms with Crippen molar-refractivity contribution >= 4 is 22.9 Å². The number of hydrogen-bond donors (Lipinski definition) is 2. The summed E-state index contributed by atoms with van der Waals surface area (Å²) in [6.07, 6.45) is 1.03. The monoisotopic (exact) mass is 274 g/mol. The number of nitrogens with one attached hydrogen (secondary N) is 2. The van der Waals surface area contributed by atoms with Crippen molar-refractivity contribution in [3.05, 3.63) is 52.2 Å². The normalized spacial score (nSPS) is 10.2. The Balaban J connectivity index is 2.01. The molecular weight excluding hydrogens is 256 g/mol. The van der Waals surface area contributed by atoms with Crippen molar-refractivity contribution in [2.75, 3.05) is 11.9 Å². The van der Waals surface area contributed by atoms with Gasteiger partial charge in [-0.25, -0.2) is 0 Å². The van der Waals surface area contributed by atoms with Gasteiger partial charge in [0.2, 0.25) is 0 Å². The SMILES string of the molecule is CCCNc1ccccc1C(=O)NCc1cccs1. The fraction of sp³-hybridized carbons (Fsp3) is 0.267. The highest BCUT2D eigenvalue weighted by atomic mass is 32.1. The zero-order chi connectivity index (χ0) is 13.5. The Labute approximate surface area is 117 Å². The Morgan fingerprint density at radius 1 is 1.21 bits per heavy atom. The Bertz CT molecular complexity index is 523. The van der Waals surface area contributed by atoms with Crippen LogP contribution in [0.1, 0.15) is 28.6 Å². The average molecular weight is 274 g/mol. The van der Waals surface area contributed by atoms with Crippen molar-refractivity contribution < 1.29 is 4.79 Å². The third kappa shape index (κ3) is 3.83. The van der Waals surface area contributed by atoms with Gasteiger partial charge < -0.3 is 10.6 Å². The molecule has 2 N–H and O–H groups in total. The van der Waals surface area contributed by atoms with Crippen LogP contribution in [-0.2, 0) is 6.54 Å². The molecule has 0 saturated heterocycles. The third-order valence-electron chi connectivity index (χ3n) is 2.74. The molecule has 0 aliphatic heterocycles. The number of thiophene rings is 1. The van der Waals surface area contributed by atoms with E-state index in [1.807, 2.05) is 41.8 Å². The summed E-state index contributed by atoms with van der Waals surface area (Å²) in [5.74, 6) is -0.0346. The largest absolute Gasteiger partial charge is 0.384 e. The number of carbonyl (C=O) groups is 1. The highest BCUT2D eigenvalue weighted by Gasteiger charge is 2.10. The van der Waals surface area contributed by atoms with Crippen LogP contribution in [0.15, 0.2) is 41.8 Å². The van der Waals surface area contributed by atoms with Gasteiger partial charge in [0.15, 0.2) is 0 Å². The Hall–Kier alpha value is -1.81. The summed E-state index contributed by atoms with van der Waals surface area (Å²) < 4.78 is 0. The maximum Gasteiger partial charge on any atom is 0.253 e. The van der Waals surface area contributed by atoms with Crippen LogP contribution in [0.3, 0.4) is 0 Å². The molecule has 0 aliphatic rings. The quantitative estimate of drug-likeness (QED) is 0.846. The minimum atomic E-state index is -0.0346. The van der Waals surface area contributed by atoms with Gasteiger partial charge in [-0.2, -0.15) is 0 Å². The van der Waals surface area contributed by atoms with Crippen LogP contribution >= 0.6 is 11.3 Å². The van der Waals surface area contributed by atoms with Crippen LogP contribution < -0.4 is 10.6 Å². The van der Waals surface area contributed by atoms with E-state index in [9.17, 15) is 4.79 Å². The van der Waals surface area contributed by atoms with Gasteiger partial charge in [0.1, 0.15) is 0 Å². The molecule has 2 aromatic rings. The molecule has 0 aliphatic carbocycles. The lowest BCUT2D eigenvalue weighted by molar-refractivity contribution is 0.0952. The van der Waals surface area contributed by atoms with Crippen molar-refractivity contribution in [1.82, 2.24) is 5.32 Å². The van der Waals surface area contributed by atoms with Crippen molar-refractivity contribution in [3.63, 3.8) is 0 Å². The van der Waals surface area contributed by atoms with Gasteiger partial charge in [0.05, 0.1) is 12.1 Å². The topological polar surface area (TPSA) is 41.1 Å². The van der Waals surface area contributed by atoms with Gasteiger partial charge in [-0.15, -0.1) is 11.3 Å². The maximum atomic E-state index is 12.2. The molecule has 2 rings (SSSR count). The lowest BCUT2D eigenvalue weighted by Crippen LogP contribution is -2.23. The van der Waals surface area contributed by atoms with Crippen LogP contribution in [0.25, 0.3) is 0 Å². The van der Waals surface area contributed by atoms with Gasteiger partial charge in [0.25, 0.3) is 5.91 Å². The van der Waals surface area contributed by atoms with Crippen LogP contribution in [0, 0.1) is 0 Å². The molecule has 0 saturated carbocycles. The van der Waals surface area contributed by atoms with Gasteiger partial charge >= 0.3 is 0 Å². The second kappa shape index (κ2) is 6.95. The van der Waals surface area contributed by atoms with Crippen LogP contribution in [0.2, 0.25) is 0 Å². The number of benzene rings is 1. The summed E-state index contributed by atoms with van der Waals surface area (Å²) in [5, 5.41) is 8.24. The average Bonchev–Trinajstić information content (AvgIpc) is 2.96. The minimum Gasteiger partial charge on any atom is -0.384 e. The van der Waals surface area contributed by atoms with E-state index in [1.54, 1.807) is 11.3 Å². The van der Waals surface area contributed by atoms with Crippen molar-refractivity contribution in [1.29, 1.82) is 0 Å². The predicted octanol–water partition coefficient (Wildman–Crippen LogP) is 3.50. The number of anilines is 1. The summed E-state index contributed by atoms with van der Waals surface area (Å²) >= 11 is 1.65. The minimum absolute atomic E-state index is 0.0346. The van der Waals surface area contributed by atoms with Gasteiger partial charge in [0, 0.05) is 17.1 Å². The summed E-state index contributed by atoms with van der Waals surface area (Å²) in [4.78, 5) is 13.3. The highest BCUT2D eigenvalue weighted by Crippen LogP contribution is 2.15. The maximum absolute atomic E-state index is 12.2. The zero-order valence-electron chi connectivity index (χ0n) is 11.0. The third-order valence-corrected chi connectivity index (χ3v) is 3.62. The second-order valence-corrected chi connectivity index (χ2v) is 5.27. The van der Waals surface area contributed by atoms with Crippen LogP contribution in [0.5, 0.6) is 0 Å². The Kier molecular flexibility index (Phi) is 4.98. The molecule has 3 nitrogen and oxygen atoms in total. The first-order valence-corrected chi connectivity index (χ1v) is 7.32. The molecule has 0 fully saturated rings. The van der Waals surface area contributed by atoms with E-state index in [-0.39, 0.29) is 5.91 Å². The number of amides is 1. The molecule has 0 atom stereocenters. The molecule has 1 amide bonds. The van der Waals surface area contributed by atoms with E-state index < -0.39 is 0 Å². The van der Waals surface area contributed by atoms with Gasteiger partial charge in [-0.05, 0) is 30.0 Å². The number of carbonyl (C=O) groups excluding carboxylic acids is 1. The van der Waals surface area contributed by atoms with E-state index >= 15 is 0 Å². The van der Waals surface area contributed by atoms with Gasteiger partial charge in [-0.3, -0.25) is 4.79 Å². The Morgan fingerprint density at radius 2 is 2.05 bits per heavy atom. The molecule has 1 aromatic carbocycles. The van der Waals surface area contributed by atoms with Crippen molar-refractivity contribution in [3.8, 4) is 0 Å². The lowest BCUT2D eigenvalue weighted by atomic mass is 10.1. The smallest absolute Gasteiger partial charge is 0.253 e. The fourth-order valence-electron chi connectivity index (χ4n) is 1.77. The summed E-state index contributed by atoms with van der Waals surface area (Å²) in [6, 6.07) is 11.6. The van der Waals surface area contributed by atoms with E-state index in [0.29, 0.717) is 12.1 Å². The molecule has 19 heavy (non-hydrogen) atoms. The lowest BCUT2D eigenvalue weighted by Gasteiger charge is -2.11. The molecule has 4 heteroatoms. The molecule has 0 spiro atoms. The zero-order valence-corrected chi connectivity index (χ0v) is 11.8. The number of para-hydroxylation sites is 1. The first-order chi connectivity index (χ1) is 9.31. The molecule has 0 bridgehead atoms. The molecule has 1 aromatic heterocycles.